The van der Waals surface area contributed by atoms with Gasteiger partial charge < -0.3 is 10.2 Å². The Labute approximate surface area is 162 Å². The Morgan fingerprint density at radius 3 is 2.61 bits per heavy atom. The van der Waals surface area contributed by atoms with Crippen LogP contribution in [0.4, 0.5) is 5.69 Å². The molecule has 0 saturated carbocycles. The van der Waals surface area contributed by atoms with Gasteiger partial charge in [0.25, 0.3) is 0 Å². The molecule has 2 heterocycles. The molecule has 0 aliphatic carbocycles. The highest BCUT2D eigenvalue weighted by molar-refractivity contribution is 6.00. The fourth-order valence-electron chi connectivity index (χ4n) is 3.25. The standard InChI is InChI=1S/C20H20N6O2/c1-14-7-9-16(10-8-14)25-13-15(11-19(25)27)20(28)21-12-18-22-23-24-26(18)17-5-3-2-4-6-17/h2-10,15H,11-13H2,1H3,(H,21,28)/t15-/m0/s1. The van der Waals surface area contributed by atoms with Gasteiger partial charge in [0.1, 0.15) is 0 Å². The van der Waals surface area contributed by atoms with Crippen molar-refractivity contribution in [3.63, 3.8) is 0 Å². The predicted octanol–water partition coefficient (Wildman–Crippen LogP) is 1.64. The third kappa shape index (κ3) is 3.62. The number of benzene rings is 2. The van der Waals surface area contributed by atoms with E-state index in [-0.39, 0.29) is 24.8 Å². The van der Waals surface area contributed by atoms with Gasteiger partial charge in [0.15, 0.2) is 5.82 Å². The highest BCUT2D eigenvalue weighted by Crippen LogP contribution is 2.25. The lowest BCUT2D eigenvalue weighted by molar-refractivity contribution is -0.126. The first-order valence-corrected chi connectivity index (χ1v) is 9.09. The van der Waals surface area contributed by atoms with Crippen molar-refractivity contribution in [1.82, 2.24) is 25.5 Å². The molecule has 1 atom stereocenters. The summed E-state index contributed by atoms with van der Waals surface area (Å²) in [5.74, 6) is -0.0854. The van der Waals surface area contributed by atoms with Crippen molar-refractivity contribution >= 4 is 17.5 Å². The quantitative estimate of drug-likeness (QED) is 0.731. The average molecular weight is 376 g/mol. The molecule has 1 aliphatic rings. The van der Waals surface area contributed by atoms with E-state index < -0.39 is 5.92 Å². The minimum atomic E-state index is -0.394. The molecule has 142 valence electrons. The Bertz CT molecular complexity index is 983. The zero-order valence-electron chi connectivity index (χ0n) is 15.4. The molecule has 8 nitrogen and oxygen atoms in total. The van der Waals surface area contributed by atoms with E-state index in [9.17, 15) is 9.59 Å². The second kappa shape index (κ2) is 7.59. The molecule has 1 aromatic heterocycles. The van der Waals surface area contributed by atoms with Crippen LogP contribution in [-0.4, -0.2) is 38.6 Å². The summed E-state index contributed by atoms with van der Waals surface area (Å²) >= 11 is 0. The molecule has 0 spiro atoms. The molecule has 4 rings (SSSR count). The molecule has 1 fully saturated rings. The lowest BCUT2D eigenvalue weighted by atomic mass is 10.1. The number of para-hydroxylation sites is 1. The first-order chi connectivity index (χ1) is 13.6. The summed E-state index contributed by atoms with van der Waals surface area (Å²) in [5, 5.41) is 14.5. The number of rotatable bonds is 5. The van der Waals surface area contributed by atoms with Crippen LogP contribution in [-0.2, 0) is 16.1 Å². The number of amides is 2. The number of carbonyl (C=O) groups is 2. The van der Waals surface area contributed by atoms with Crippen molar-refractivity contribution in [2.75, 3.05) is 11.4 Å². The normalized spacial score (nSPS) is 16.4. The van der Waals surface area contributed by atoms with Crippen LogP contribution in [0, 0.1) is 12.8 Å². The third-order valence-electron chi connectivity index (χ3n) is 4.80. The lowest BCUT2D eigenvalue weighted by Gasteiger charge is -2.17. The summed E-state index contributed by atoms with van der Waals surface area (Å²) in [7, 11) is 0. The van der Waals surface area contributed by atoms with Gasteiger partial charge in [-0.1, -0.05) is 35.9 Å². The molecular formula is C20H20N6O2. The van der Waals surface area contributed by atoms with Crippen LogP contribution in [0.5, 0.6) is 0 Å². The van der Waals surface area contributed by atoms with E-state index in [0.29, 0.717) is 12.4 Å². The Morgan fingerprint density at radius 1 is 1.11 bits per heavy atom. The van der Waals surface area contributed by atoms with Gasteiger partial charge in [0.2, 0.25) is 11.8 Å². The number of anilines is 1. The van der Waals surface area contributed by atoms with Gasteiger partial charge in [0, 0.05) is 18.7 Å². The van der Waals surface area contributed by atoms with E-state index in [1.165, 1.54) is 0 Å². The van der Waals surface area contributed by atoms with Crippen molar-refractivity contribution in [3.05, 3.63) is 66.0 Å². The van der Waals surface area contributed by atoms with E-state index in [1.54, 1.807) is 9.58 Å². The molecule has 1 saturated heterocycles. The van der Waals surface area contributed by atoms with Crippen LogP contribution in [0.3, 0.4) is 0 Å². The second-order valence-electron chi connectivity index (χ2n) is 6.80. The van der Waals surface area contributed by atoms with E-state index >= 15 is 0 Å². The second-order valence-corrected chi connectivity index (χ2v) is 6.80. The Balaban J connectivity index is 1.40. The molecular weight excluding hydrogens is 356 g/mol. The minimum absolute atomic E-state index is 0.0434. The molecule has 28 heavy (non-hydrogen) atoms. The summed E-state index contributed by atoms with van der Waals surface area (Å²) in [6.45, 7) is 2.56. The van der Waals surface area contributed by atoms with Gasteiger partial charge >= 0.3 is 0 Å². The first kappa shape index (κ1) is 17.8. The fraction of sp³-hybridized carbons (Fsp3) is 0.250. The highest BCUT2D eigenvalue weighted by Gasteiger charge is 2.35. The van der Waals surface area contributed by atoms with Crippen LogP contribution in [0.1, 0.15) is 17.8 Å². The number of nitrogens with zero attached hydrogens (tertiary/aromatic N) is 5. The average Bonchev–Trinajstić information content (AvgIpc) is 3.34. The van der Waals surface area contributed by atoms with Crippen molar-refractivity contribution in [3.8, 4) is 5.69 Å². The van der Waals surface area contributed by atoms with Gasteiger partial charge in [-0.2, -0.15) is 4.68 Å². The van der Waals surface area contributed by atoms with Crippen LogP contribution >= 0.6 is 0 Å². The van der Waals surface area contributed by atoms with Crippen LogP contribution in [0.2, 0.25) is 0 Å². The molecule has 2 aromatic carbocycles. The molecule has 2 amide bonds. The SMILES string of the molecule is Cc1ccc(N2C[C@@H](C(=O)NCc3nnnn3-c3ccccc3)CC2=O)cc1. The molecule has 1 aliphatic heterocycles. The van der Waals surface area contributed by atoms with Crippen molar-refractivity contribution in [1.29, 1.82) is 0 Å². The summed E-state index contributed by atoms with van der Waals surface area (Å²) in [6, 6.07) is 17.2. The number of carbonyl (C=O) groups excluding carboxylic acids is 2. The van der Waals surface area contributed by atoms with E-state index in [4.69, 9.17) is 0 Å². The topological polar surface area (TPSA) is 93.0 Å². The van der Waals surface area contributed by atoms with Gasteiger partial charge in [-0.05, 0) is 41.6 Å². The minimum Gasteiger partial charge on any atom is -0.348 e. The molecule has 0 radical (unpaired) electrons. The van der Waals surface area contributed by atoms with Crippen LogP contribution < -0.4 is 10.2 Å². The van der Waals surface area contributed by atoms with E-state index in [1.807, 2.05) is 61.5 Å². The number of nitrogens with one attached hydrogen (secondary N) is 1. The Hall–Kier alpha value is -3.55. The predicted molar refractivity (Wildman–Crippen MR) is 103 cm³/mol. The number of tetrazole rings is 1. The van der Waals surface area contributed by atoms with Crippen LogP contribution in [0.25, 0.3) is 5.69 Å². The monoisotopic (exact) mass is 376 g/mol. The maximum Gasteiger partial charge on any atom is 0.227 e. The van der Waals surface area contributed by atoms with Crippen molar-refractivity contribution in [2.24, 2.45) is 5.92 Å². The van der Waals surface area contributed by atoms with Gasteiger partial charge in [0.05, 0.1) is 18.2 Å². The summed E-state index contributed by atoms with van der Waals surface area (Å²) in [5.41, 5.74) is 2.76. The zero-order chi connectivity index (χ0) is 19.5. The summed E-state index contributed by atoms with van der Waals surface area (Å²) < 4.78 is 1.58. The summed E-state index contributed by atoms with van der Waals surface area (Å²) in [4.78, 5) is 26.6. The fourth-order valence-corrected chi connectivity index (χ4v) is 3.25. The summed E-state index contributed by atoms with van der Waals surface area (Å²) in [6.07, 6.45) is 0.198. The van der Waals surface area contributed by atoms with Crippen LogP contribution in [0.15, 0.2) is 54.6 Å². The highest BCUT2D eigenvalue weighted by atomic mass is 16.2. The molecule has 0 unspecified atom stereocenters. The van der Waals surface area contributed by atoms with E-state index in [2.05, 4.69) is 20.8 Å². The lowest BCUT2D eigenvalue weighted by Crippen LogP contribution is -2.33. The first-order valence-electron chi connectivity index (χ1n) is 9.09. The largest absolute Gasteiger partial charge is 0.348 e. The van der Waals surface area contributed by atoms with Gasteiger partial charge in [-0.15, -0.1) is 5.10 Å². The smallest absolute Gasteiger partial charge is 0.227 e. The number of hydrogen-bond donors (Lipinski definition) is 1. The van der Waals surface area contributed by atoms with E-state index in [0.717, 1.165) is 16.9 Å². The number of aromatic nitrogens is 4. The maximum absolute atomic E-state index is 12.6. The molecule has 0 bridgehead atoms. The molecule has 1 N–H and O–H groups in total. The number of hydrogen-bond acceptors (Lipinski definition) is 5. The number of aryl methyl sites for hydroxylation is 1. The Kier molecular flexibility index (Phi) is 4.84. The Morgan fingerprint density at radius 2 is 1.86 bits per heavy atom. The van der Waals surface area contributed by atoms with Crippen molar-refractivity contribution in [2.45, 2.75) is 19.9 Å². The third-order valence-corrected chi connectivity index (χ3v) is 4.80. The molecule has 3 aromatic rings. The zero-order valence-corrected chi connectivity index (χ0v) is 15.4. The van der Waals surface area contributed by atoms with Gasteiger partial charge in [-0.25, -0.2) is 0 Å². The van der Waals surface area contributed by atoms with Crippen molar-refractivity contribution < 1.29 is 9.59 Å². The maximum atomic E-state index is 12.6. The molecule has 8 heteroatoms. The van der Waals surface area contributed by atoms with Gasteiger partial charge in [-0.3, -0.25) is 9.59 Å².